The van der Waals surface area contributed by atoms with Gasteiger partial charge in [-0.3, -0.25) is 14.6 Å². The minimum Gasteiger partial charge on any atom is -0.323 e. The number of allylic oxidation sites excluding steroid dienone is 1. The second-order valence-corrected chi connectivity index (χ2v) is 7.19. The standard InChI is InChI=1S/C10H10N2O.C9H7NO.C2H5I/c1-2-12-9(7-13)6-8-4-3-5-11-10(8)12;11-6-7-4-8-2-1-3-10-9(8)5-7;1-2-3/h3-7H,2H2,1H3;1-4,6H,5H2;2H2,1H3. The zero-order valence-electron chi connectivity index (χ0n) is 15.4. The van der Waals surface area contributed by atoms with Crippen LogP contribution in [0.15, 0.2) is 48.3 Å². The van der Waals surface area contributed by atoms with E-state index in [1.165, 1.54) is 4.43 Å². The number of hydrogen-bond acceptors (Lipinski definition) is 4. The van der Waals surface area contributed by atoms with E-state index >= 15 is 0 Å². The highest BCUT2D eigenvalue weighted by Crippen LogP contribution is 2.20. The quantitative estimate of drug-likeness (QED) is 0.317. The van der Waals surface area contributed by atoms with E-state index in [1.54, 1.807) is 12.4 Å². The fourth-order valence-corrected chi connectivity index (χ4v) is 2.79. The topological polar surface area (TPSA) is 64.8 Å². The molecule has 0 aliphatic heterocycles. The van der Waals surface area contributed by atoms with Crippen molar-refractivity contribution in [1.82, 2.24) is 14.5 Å². The fourth-order valence-electron chi connectivity index (χ4n) is 2.79. The Labute approximate surface area is 172 Å². The van der Waals surface area contributed by atoms with Gasteiger partial charge in [-0.05, 0) is 52.8 Å². The van der Waals surface area contributed by atoms with Crippen molar-refractivity contribution >= 4 is 52.3 Å². The van der Waals surface area contributed by atoms with Crippen LogP contribution in [0.4, 0.5) is 0 Å². The lowest BCUT2D eigenvalue weighted by molar-refractivity contribution is -0.104. The normalized spacial score (nSPS) is 11.4. The molecule has 6 heteroatoms. The van der Waals surface area contributed by atoms with E-state index in [-0.39, 0.29) is 0 Å². The van der Waals surface area contributed by atoms with Crippen LogP contribution in [0.3, 0.4) is 0 Å². The van der Waals surface area contributed by atoms with E-state index in [9.17, 15) is 9.59 Å². The summed E-state index contributed by atoms with van der Waals surface area (Å²) in [6, 6.07) is 9.54. The summed E-state index contributed by atoms with van der Waals surface area (Å²) in [6.07, 6.45) is 7.82. The van der Waals surface area contributed by atoms with Crippen molar-refractivity contribution < 1.29 is 9.59 Å². The van der Waals surface area contributed by atoms with Gasteiger partial charge in [0.15, 0.2) is 6.29 Å². The number of carbonyl (C=O) groups is 2. The highest BCUT2D eigenvalue weighted by Gasteiger charge is 2.11. The number of aldehydes is 2. The Hall–Kier alpha value is -2.35. The number of rotatable bonds is 3. The van der Waals surface area contributed by atoms with Crippen molar-refractivity contribution in [2.24, 2.45) is 0 Å². The molecule has 0 spiro atoms. The summed E-state index contributed by atoms with van der Waals surface area (Å²) >= 11 is 2.29. The maximum Gasteiger partial charge on any atom is 0.166 e. The van der Waals surface area contributed by atoms with E-state index in [0.29, 0.717) is 12.1 Å². The SMILES string of the molecule is CCI.CCn1c(C=O)cc2cccnc21.O=CC1=Cc2cccnc2C1. The van der Waals surface area contributed by atoms with Crippen LogP contribution in [0.2, 0.25) is 0 Å². The molecule has 0 amide bonds. The first-order valence-electron chi connectivity index (χ1n) is 8.73. The average Bonchev–Trinajstić information content (AvgIpc) is 3.29. The molecule has 27 heavy (non-hydrogen) atoms. The smallest absolute Gasteiger partial charge is 0.166 e. The van der Waals surface area contributed by atoms with Gasteiger partial charge in [0.05, 0.1) is 11.4 Å². The predicted molar refractivity (Wildman–Crippen MR) is 117 cm³/mol. The summed E-state index contributed by atoms with van der Waals surface area (Å²) in [7, 11) is 0. The largest absolute Gasteiger partial charge is 0.323 e. The third kappa shape index (κ3) is 5.32. The molecule has 0 saturated carbocycles. The van der Waals surface area contributed by atoms with Gasteiger partial charge in [0, 0.05) is 30.7 Å². The summed E-state index contributed by atoms with van der Waals surface area (Å²) in [5.41, 5.74) is 4.48. The van der Waals surface area contributed by atoms with Crippen LogP contribution in [-0.2, 0) is 17.8 Å². The highest BCUT2D eigenvalue weighted by atomic mass is 127. The minimum absolute atomic E-state index is 0.691. The lowest BCUT2D eigenvalue weighted by Gasteiger charge is -2.00. The monoisotopic (exact) mass is 475 g/mol. The number of nitrogens with zero attached hydrogens (tertiary/aromatic N) is 3. The molecule has 3 heterocycles. The van der Waals surface area contributed by atoms with Crippen LogP contribution in [0.5, 0.6) is 0 Å². The van der Waals surface area contributed by atoms with Crippen molar-refractivity contribution in [1.29, 1.82) is 0 Å². The van der Waals surface area contributed by atoms with Gasteiger partial charge in [-0.15, -0.1) is 0 Å². The third-order valence-corrected chi connectivity index (χ3v) is 3.91. The molecule has 0 N–H and O–H groups in total. The van der Waals surface area contributed by atoms with Gasteiger partial charge in [-0.2, -0.15) is 0 Å². The zero-order chi connectivity index (χ0) is 19.6. The van der Waals surface area contributed by atoms with E-state index in [0.717, 1.165) is 47.0 Å². The van der Waals surface area contributed by atoms with Crippen LogP contribution in [0.25, 0.3) is 17.1 Å². The minimum atomic E-state index is 0.691. The number of hydrogen-bond donors (Lipinski definition) is 0. The fraction of sp³-hybridized carbons (Fsp3) is 0.238. The summed E-state index contributed by atoms with van der Waals surface area (Å²) < 4.78 is 3.13. The van der Waals surface area contributed by atoms with Crippen LogP contribution >= 0.6 is 22.6 Å². The molecule has 1 aliphatic carbocycles. The maximum absolute atomic E-state index is 10.7. The Morgan fingerprint density at radius 1 is 1.11 bits per heavy atom. The molecule has 4 rings (SSSR count). The summed E-state index contributed by atoms with van der Waals surface area (Å²) in [5.74, 6) is 0. The number of pyridine rings is 2. The zero-order valence-corrected chi connectivity index (χ0v) is 17.6. The van der Waals surface area contributed by atoms with E-state index in [2.05, 4.69) is 39.5 Å². The van der Waals surface area contributed by atoms with Crippen molar-refractivity contribution in [3.05, 3.63) is 65.2 Å². The molecule has 0 atom stereocenters. The van der Waals surface area contributed by atoms with Gasteiger partial charge in [0.25, 0.3) is 0 Å². The van der Waals surface area contributed by atoms with Crippen molar-refractivity contribution in [3.63, 3.8) is 0 Å². The van der Waals surface area contributed by atoms with Crippen molar-refractivity contribution in [2.45, 2.75) is 26.8 Å². The summed E-state index contributed by atoms with van der Waals surface area (Å²) in [4.78, 5) is 29.5. The van der Waals surface area contributed by atoms with Gasteiger partial charge in [0.1, 0.15) is 11.9 Å². The van der Waals surface area contributed by atoms with Gasteiger partial charge in [-0.1, -0.05) is 35.6 Å². The number of aromatic nitrogens is 3. The molecule has 3 aromatic heterocycles. The highest BCUT2D eigenvalue weighted by molar-refractivity contribution is 14.1. The number of aryl methyl sites for hydroxylation is 1. The Morgan fingerprint density at radius 3 is 2.44 bits per heavy atom. The Morgan fingerprint density at radius 2 is 1.81 bits per heavy atom. The molecule has 0 unspecified atom stereocenters. The molecule has 0 aromatic carbocycles. The molecule has 0 radical (unpaired) electrons. The van der Waals surface area contributed by atoms with Crippen LogP contribution < -0.4 is 0 Å². The number of alkyl halides is 1. The molecule has 3 aromatic rings. The molecule has 0 fully saturated rings. The molecule has 0 bridgehead atoms. The Balaban J connectivity index is 0.000000171. The molecular formula is C21H22IN3O2. The second-order valence-electron chi connectivity index (χ2n) is 5.67. The molecule has 0 saturated heterocycles. The summed E-state index contributed by atoms with van der Waals surface area (Å²) in [5, 5.41) is 1.02. The Kier molecular flexibility index (Phi) is 8.32. The number of fused-ring (bicyclic) bond motifs is 2. The van der Waals surface area contributed by atoms with Gasteiger partial charge < -0.3 is 4.57 Å². The predicted octanol–water partition coefficient (Wildman–Crippen LogP) is 4.53. The van der Waals surface area contributed by atoms with Crippen LogP contribution in [-0.4, -0.2) is 31.5 Å². The first kappa shape index (κ1) is 21.0. The molecular weight excluding hydrogens is 453 g/mol. The number of carbonyl (C=O) groups excluding carboxylic acids is 2. The Bertz CT molecular complexity index is 948. The number of halogens is 1. The lowest BCUT2D eigenvalue weighted by Crippen LogP contribution is -1.99. The van der Waals surface area contributed by atoms with E-state index < -0.39 is 0 Å². The first-order valence-corrected chi connectivity index (χ1v) is 10.3. The van der Waals surface area contributed by atoms with Gasteiger partial charge >= 0.3 is 0 Å². The van der Waals surface area contributed by atoms with E-state index in [4.69, 9.17) is 0 Å². The first-order chi connectivity index (χ1) is 13.2. The molecule has 5 nitrogen and oxygen atoms in total. The van der Waals surface area contributed by atoms with Crippen molar-refractivity contribution in [3.8, 4) is 0 Å². The lowest BCUT2D eigenvalue weighted by atomic mass is 10.2. The van der Waals surface area contributed by atoms with E-state index in [1.807, 2.05) is 47.9 Å². The van der Waals surface area contributed by atoms with Gasteiger partial charge in [0.2, 0.25) is 0 Å². The molecule has 140 valence electrons. The van der Waals surface area contributed by atoms with Crippen LogP contribution in [0, 0.1) is 0 Å². The second kappa shape index (κ2) is 10.7. The molecule has 1 aliphatic rings. The average molecular weight is 475 g/mol. The summed E-state index contributed by atoms with van der Waals surface area (Å²) in [6.45, 7) is 4.89. The third-order valence-electron chi connectivity index (χ3n) is 3.91. The van der Waals surface area contributed by atoms with Gasteiger partial charge in [-0.25, -0.2) is 4.98 Å². The maximum atomic E-state index is 10.7. The van der Waals surface area contributed by atoms with Crippen molar-refractivity contribution in [2.75, 3.05) is 4.43 Å². The van der Waals surface area contributed by atoms with Crippen LogP contribution in [0.1, 0.15) is 35.6 Å².